The van der Waals surface area contributed by atoms with Crippen molar-refractivity contribution in [2.24, 2.45) is 11.8 Å². The molecule has 1 saturated heterocycles. The molecule has 0 N–H and O–H groups in total. The number of halogens is 1. The van der Waals surface area contributed by atoms with Gasteiger partial charge in [-0.15, -0.1) is 0 Å². The second kappa shape index (κ2) is 9.19. The zero-order valence-electron chi connectivity index (χ0n) is 19.5. The predicted octanol–water partition coefficient (Wildman–Crippen LogP) is 3.34. The number of carbonyl (C=O) groups excluding carboxylic acids is 1. The van der Waals surface area contributed by atoms with Crippen LogP contribution in [0, 0.1) is 11.8 Å². The van der Waals surface area contributed by atoms with Crippen molar-refractivity contribution in [3.05, 3.63) is 53.2 Å². The smallest absolute Gasteiger partial charge is 0.225 e. The molecule has 1 aliphatic carbocycles. The Morgan fingerprint density at radius 1 is 1.11 bits per heavy atom. The standard InChI is InChI=1S/C25H25BrN6O3S/c26-23-20-15-28-22(13-16-3-4-18(12-16)25(33)31-8-10-36(34,35)11-9-31)29-24(20)32(30-23)19-5-6-21-17(14-19)2-1-7-27-21/h1-2,5-7,14-16,18H,3-4,8-13H2/t16-,18-/m1/s1. The molecule has 4 aromatic rings. The fourth-order valence-corrected chi connectivity index (χ4v) is 6.95. The lowest BCUT2D eigenvalue weighted by Crippen LogP contribution is -2.45. The Hall–Kier alpha value is -2.92. The van der Waals surface area contributed by atoms with Gasteiger partial charge < -0.3 is 4.90 Å². The first-order valence-corrected chi connectivity index (χ1v) is 14.7. The topological polar surface area (TPSA) is 111 Å². The van der Waals surface area contributed by atoms with Gasteiger partial charge in [0, 0.05) is 43.2 Å². The van der Waals surface area contributed by atoms with Crippen molar-refractivity contribution in [3.8, 4) is 5.69 Å². The summed E-state index contributed by atoms with van der Waals surface area (Å²) in [7, 11) is -3.00. The monoisotopic (exact) mass is 568 g/mol. The van der Waals surface area contributed by atoms with Crippen LogP contribution in [0.2, 0.25) is 0 Å². The first-order chi connectivity index (χ1) is 17.4. The highest BCUT2D eigenvalue weighted by Crippen LogP contribution is 2.35. The predicted molar refractivity (Wildman–Crippen MR) is 139 cm³/mol. The molecule has 6 rings (SSSR count). The lowest BCUT2D eigenvalue weighted by Gasteiger charge is -2.29. The van der Waals surface area contributed by atoms with Gasteiger partial charge >= 0.3 is 0 Å². The number of amides is 1. The third-order valence-electron chi connectivity index (χ3n) is 7.28. The van der Waals surface area contributed by atoms with Crippen molar-refractivity contribution in [1.29, 1.82) is 0 Å². The van der Waals surface area contributed by atoms with Crippen LogP contribution in [-0.2, 0) is 21.1 Å². The van der Waals surface area contributed by atoms with E-state index in [1.807, 2.05) is 35.0 Å². The lowest BCUT2D eigenvalue weighted by molar-refractivity contribution is -0.135. The van der Waals surface area contributed by atoms with E-state index in [0.29, 0.717) is 30.0 Å². The molecule has 3 aromatic heterocycles. The van der Waals surface area contributed by atoms with E-state index in [0.717, 1.165) is 52.7 Å². The van der Waals surface area contributed by atoms with Gasteiger partial charge in [-0.05, 0) is 65.4 Å². The molecule has 1 saturated carbocycles. The first kappa shape index (κ1) is 23.5. The van der Waals surface area contributed by atoms with Crippen molar-refractivity contribution >= 4 is 53.6 Å². The Bertz CT molecular complexity index is 1570. The molecule has 36 heavy (non-hydrogen) atoms. The van der Waals surface area contributed by atoms with Gasteiger partial charge in [-0.1, -0.05) is 6.07 Å². The summed E-state index contributed by atoms with van der Waals surface area (Å²) < 4.78 is 25.9. The average molecular weight is 569 g/mol. The van der Waals surface area contributed by atoms with Gasteiger partial charge in [-0.3, -0.25) is 9.78 Å². The fraction of sp³-hybridized carbons (Fsp3) is 0.400. The second-order valence-electron chi connectivity index (χ2n) is 9.66. The number of sulfone groups is 1. The highest BCUT2D eigenvalue weighted by molar-refractivity contribution is 9.10. The SMILES string of the molecule is O=C([C@@H]1CC[C@@H](Cc2ncc3c(Br)nn(-c4ccc5ncccc5c4)c3n2)C1)N1CCS(=O)(=O)CC1. The van der Waals surface area contributed by atoms with Gasteiger partial charge in [-0.25, -0.2) is 23.1 Å². The van der Waals surface area contributed by atoms with Gasteiger partial charge in [0.15, 0.2) is 15.5 Å². The fourth-order valence-electron chi connectivity index (χ4n) is 5.31. The second-order valence-corrected chi connectivity index (χ2v) is 12.7. The van der Waals surface area contributed by atoms with Crippen LogP contribution in [0.5, 0.6) is 0 Å². The summed E-state index contributed by atoms with van der Waals surface area (Å²) in [6, 6.07) is 9.93. The largest absolute Gasteiger partial charge is 0.340 e. The summed E-state index contributed by atoms with van der Waals surface area (Å²) in [6.07, 6.45) is 6.82. The molecule has 0 radical (unpaired) electrons. The molecule has 1 aromatic carbocycles. The minimum absolute atomic E-state index is 0.0505. The van der Waals surface area contributed by atoms with Gasteiger partial charge in [-0.2, -0.15) is 5.10 Å². The van der Waals surface area contributed by atoms with Crippen molar-refractivity contribution in [2.45, 2.75) is 25.7 Å². The maximum absolute atomic E-state index is 13.0. The molecule has 0 bridgehead atoms. The highest BCUT2D eigenvalue weighted by Gasteiger charge is 2.35. The molecule has 0 spiro atoms. The molecule has 0 unspecified atom stereocenters. The summed E-state index contributed by atoms with van der Waals surface area (Å²) in [6.45, 7) is 0.623. The number of rotatable bonds is 4. The van der Waals surface area contributed by atoms with Crippen molar-refractivity contribution in [3.63, 3.8) is 0 Å². The zero-order chi connectivity index (χ0) is 24.9. The van der Waals surface area contributed by atoms with Crippen LogP contribution in [0.3, 0.4) is 0 Å². The average Bonchev–Trinajstić information content (AvgIpc) is 3.47. The molecule has 11 heteroatoms. The zero-order valence-corrected chi connectivity index (χ0v) is 21.9. The molecule has 9 nitrogen and oxygen atoms in total. The first-order valence-electron chi connectivity index (χ1n) is 12.1. The van der Waals surface area contributed by atoms with Crippen LogP contribution in [0.4, 0.5) is 0 Å². The molecule has 2 aliphatic rings. The van der Waals surface area contributed by atoms with E-state index in [1.54, 1.807) is 17.3 Å². The molecule has 4 heterocycles. The molecule has 2 atom stereocenters. The molecule has 186 valence electrons. The van der Waals surface area contributed by atoms with E-state index >= 15 is 0 Å². The molecular weight excluding hydrogens is 544 g/mol. The lowest BCUT2D eigenvalue weighted by atomic mass is 10.0. The van der Waals surface area contributed by atoms with Gasteiger partial charge in [0.05, 0.1) is 28.1 Å². The summed E-state index contributed by atoms with van der Waals surface area (Å²) in [5.41, 5.74) is 2.55. The van der Waals surface area contributed by atoms with E-state index in [2.05, 4.69) is 31.0 Å². The van der Waals surface area contributed by atoms with Gasteiger partial charge in [0.2, 0.25) is 5.91 Å². The third kappa shape index (κ3) is 4.50. The van der Waals surface area contributed by atoms with Crippen LogP contribution in [0.15, 0.2) is 47.3 Å². The van der Waals surface area contributed by atoms with Crippen LogP contribution in [-0.4, -0.2) is 68.6 Å². The Morgan fingerprint density at radius 2 is 1.94 bits per heavy atom. The van der Waals surface area contributed by atoms with E-state index in [9.17, 15) is 13.2 Å². The van der Waals surface area contributed by atoms with Gasteiger partial charge in [0.25, 0.3) is 0 Å². The summed E-state index contributed by atoms with van der Waals surface area (Å²) in [5, 5.41) is 6.52. The molecule has 1 aliphatic heterocycles. The van der Waals surface area contributed by atoms with Crippen molar-refractivity contribution in [2.75, 3.05) is 24.6 Å². The number of fused-ring (bicyclic) bond motifs is 2. The van der Waals surface area contributed by atoms with Gasteiger partial charge in [0.1, 0.15) is 10.4 Å². The maximum Gasteiger partial charge on any atom is 0.225 e. The van der Waals surface area contributed by atoms with Crippen LogP contribution in [0.1, 0.15) is 25.1 Å². The van der Waals surface area contributed by atoms with E-state index in [4.69, 9.17) is 4.98 Å². The minimum atomic E-state index is -3.00. The number of aromatic nitrogens is 5. The van der Waals surface area contributed by atoms with Crippen molar-refractivity contribution in [1.82, 2.24) is 29.6 Å². The normalized spacial score (nSPS) is 21.9. The molecule has 1 amide bonds. The van der Waals surface area contributed by atoms with E-state index in [1.165, 1.54) is 0 Å². The summed E-state index contributed by atoms with van der Waals surface area (Å²) in [5.74, 6) is 1.23. The number of carbonyl (C=O) groups is 1. The number of hydrogen-bond donors (Lipinski definition) is 0. The summed E-state index contributed by atoms with van der Waals surface area (Å²) in [4.78, 5) is 28.6. The Labute approximate surface area is 217 Å². The Morgan fingerprint density at radius 3 is 2.78 bits per heavy atom. The number of nitrogens with zero attached hydrogens (tertiary/aromatic N) is 6. The molecular formula is C25H25BrN6O3S. The Balaban J connectivity index is 1.20. The maximum atomic E-state index is 13.0. The van der Waals surface area contributed by atoms with Crippen LogP contribution >= 0.6 is 15.9 Å². The molecule has 2 fully saturated rings. The number of benzene rings is 1. The van der Waals surface area contributed by atoms with E-state index in [-0.39, 0.29) is 23.3 Å². The number of hydrogen-bond acceptors (Lipinski definition) is 7. The van der Waals surface area contributed by atoms with Crippen LogP contribution in [0.25, 0.3) is 27.6 Å². The van der Waals surface area contributed by atoms with Crippen LogP contribution < -0.4 is 0 Å². The Kier molecular flexibility index (Phi) is 5.99. The van der Waals surface area contributed by atoms with Crippen molar-refractivity contribution < 1.29 is 13.2 Å². The number of pyridine rings is 1. The quantitative estimate of drug-likeness (QED) is 0.371. The summed E-state index contributed by atoms with van der Waals surface area (Å²) >= 11 is 3.54. The third-order valence-corrected chi connectivity index (χ3v) is 9.47. The van der Waals surface area contributed by atoms with E-state index < -0.39 is 9.84 Å². The minimum Gasteiger partial charge on any atom is -0.340 e. The highest BCUT2D eigenvalue weighted by atomic mass is 79.9.